The summed E-state index contributed by atoms with van der Waals surface area (Å²) in [7, 11) is -2.63. The van der Waals surface area contributed by atoms with E-state index in [1.807, 2.05) is 32.4 Å². The number of rotatable bonds is 14. The van der Waals surface area contributed by atoms with Crippen molar-refractivity contribution in [2.75, 3.05) is 25.1 Å². The van der Waals surface area contributed by atoms with Crippen LogP contribution in [0, 0.1) is 0 Å². The number of nitrogens with zero attached hydrogens (tertiary/aromatic N) is 5. The van der Waals surface area contributed by atoms with Crippen molar-refractivity contribution in [2.24, 2.45) is 0 Å². The Hall–Kier alpha value is -1.82. The van der Waals surface area contributed by atoms with Crippen molar-refractivity contribution in [1.29, 1.82) is 0 Å². The number of aryl methyl sites for hydroxylation is 3. The standard InChI is InChI=1S/C17H33N7O3Si/c1-6-14-18-16(22-21-14)20-17-19-15(7-2)24(23-17)12-11-13-28(25-8-3,26-9-4)27-10-5/h6-13H2,1-5H3,(H2,18,20,21,22,23). The molecule has 0 fully saturated rings. The highest BCUT2D eigenvalue weighted by Gasteiger charge is 2.39. The Morgan fingerprint density at radius 2 is 1.61 bits per heavy atom. The lowest BCUT2D eigenvalue weighted by Gasteiger charge is -2.28. The molecule has 10 nitrogen and oxygen atoms in total. The van der Waals surface area contributed by atoms with E-state index in [1.165, 1.54) is 0 Å². The van der Waals surface area contributed by atoms with Gasteiger partial charge in [-0.1, -0.05) is 13.8 Å². The van der Waals surface area contributed by atoms with E-state index in [0.717, 1.165) is 37.0 Å². The Kier molecular flexibility index (Phi) is 9.02. The predicted octanol–water partition coefficient (Wildman–Crippen LogP) is 2.70. The highest BCUT2D eigenvalue weighted by molar-refractivity contribution is 6.60. The van der Waals surface area contributed by atoms with E-state index in [4.69, 9.17) is 13.3 Å². The molecule has 2 aromatic rings. The van der Waals surface area contributed by atoms with Gasteiger partial charge in [-0.3, -0.25) is 10.4 Å². The van der Waals surface area contributed by atoms with Crippen molar-refractivity contribution in [3.63, 3.8) is 0 Å². The number of nitrogens with one attached hydrogen (secondary N) is 2. The smallest absolute Gasteiger partial charge is 0.374 e. The average Bonchev–Trinajstić information content (AvgIpc) is 3.29. The summed E-state index contributed by atoms with van der Waals surface area (Å²) in [6.07, 6.45) is 2.42. The molecule has 0 bridgehead atoms. The number of hydrogen-bond donors (Lipinski definition) is 2. The lowest BCUT2D eigenvalue weighted by molar-refractivity contribution is 0.0704. The van der Waals surface area contributed by atoms with Crippen LogP contribution < -0.4 is 5.32 Å². The molecule has 0 saturated heterocycles. The molecule has 0 amide bonds. The normalized spacial score (nSPS) is 11.9. The molecular formula is C17H33N7O3Si. The summed E-state index contributed by atoms with van der Waals surface area (Å²) in [6.45, 7) is 12.5. The summed E-state index contributed by atoms with van der Waals surface area (Å²) in [6, 6.07) is 0.745. The second-order valence-corrected chi connectivity index (χ2v) is 8.83. The molecule has 0 atom stereocenters. The molecule has 0 saturated carbocycles. The molecule has 158 valence electrons. The minimum Gasteiger partial charge on any atom is -0.374 e. The van der Waals surface area contributed by atoms with Crippen molar-refractivity contribution in [3.05, 3.63) is 11.6 Å². The Morgan fingerprint density at radius 1 is 0.929 bits per heavy atom. The van der Waals surface area contributed by atoms with Crippen LogP contribution >= 0.6 is 0 Å². The Labute approximate surface area is 167 Å². The van der Waals surface area contributed by atoms with E-state index in [9.17, 15) is 0 Å². The number of H-pyrrole nitrogens is 1. The minimum absolute atomic E-state index is 0.479. The number of aromatic amines is 1. The molecule has 0 aliphatic heterocycles. The Morgan fingerprint density at radius 3 is 2.14 bits per heavy atom. The van der Waals surface area contributed by atoms with Gasteiger partial charge in [-0.25, -0.2) is 4.68 Å². The van der Waals surface area contributed by atoms with Crippen LogP contribution in [0.25, 0.3) is 0 Å². The van der Waals surface area contributed by atoms with Gasteiger partial charge in [-0.05, 0) is 27.2 Å². The van der Waals surface area contributed by atoms with E-state index in [2.05, 4.69) is 37.5 Å². The van der Waals surface area contributed by atoms with Gasteiger partial charge >= 0.3 is 8.80 Å². The van der Waals surface area contributed by atoms with Crippen molar-refractivity contribution < 1.29 is 13.3 Å². The lowest BCUT2D eigenvalue weighted by atomic mass is 10.4. The topological polar surface area (TPSA) is 112 Å². The maximum Gasteiger partial charge on any atom is 0.500 e. The number of anilines is 2. The van der Waals surface area contributed by atoms with Gasteiger partial charge in [0, 0.05) is 45.3 Å². The van der Waals surface area contributed by atoms with Gasteiger partial charge < -0.3 is 13.3 Å². The second kappa shape index (κ2) is 11.2. The van der Waals surface area contributed by atoms with Gasteiger partial charge in [0.05, 0.1) is 0 Å². The van der Waals surface area contributed by atoms with Crippen LogP contribution in [0.2, 0.25) is 6.04 Å². The van der Waals surface area contributed by atoms with Crippen LogP contribution in [-0.2, 0) is 32.7 Å². The van der Waals surface area contributed by atoms with Crippen molar-refractivity contribution >= 4 is 20.7 Å². The molecule has 2 aromatic heterocycles. The first-order valence-electron chi connectivity index (χ1n) is 10.1. The summed E-state index contributed by atoms with van der Waals surface area (Å²) in [5.74, 6) is 2.71. The highest BCUT2D eigenvalue weighted by Crippen LogP contribution is 2.19. The molecule has 0 unspecified atom stereocenters. The molecule has 0 spiro atoms. The summed E-state index contributed by atoms with van der Waals surface area (Å²) in [4.78, 5) is 8.88. The van der Waals surface area contributed by atoms with Crippen LogP contribution in [0.1, 0.15) is 52.7 Å². The van der Waals surface area contributed by atoms with E-state index in [1.54, 1.807) is 0 Å². The summed E-state index contributed by atoms with van der Waals surface area (Å²) in [5.41, 5.74) is 0. The monoisotopic (exact) mass is 411 g/mol. The molecule has 2 N–H and O–H groups in total. The fraction of sp³-hybridized carbons (Fsp3) is 0.765. The van der Waals surface area contributed by atoms with Crippen LogP contribution in [0.3, 0.4) is 0 Å². The fourth-order valence-electron chi connectivity index (χ4n) is 2.92. The van der Waals surface area contributed by atoms with E-state index in [-0.39, 0.29) is 0 Å². The second-order valence-electron chi connectivity index (χ2n) is 6.10. The molecule has 11 heteroatoms. The lowest BCUT2D eigenvalue weighted by Crippen LogP contribution is -2.46. The van der Waals surface area contributed by atoms with Crippen LogP contribution in [0.4, 0.5) is 11.9 Å². The number of hydrogen-bond acceptors (Lipinski definition) is 8. The Balaban J connectivity index is 2.01. The summed E-state index contributed by atoms with van der Waals surface area (Å²) in [5, 5.41) is 14.6. The summed E-state index contributed by atoms with van der Waals surface area (Å²) >= 11 is 0. The number of aromatic nitrogens is 6. The van der Waals surface area contributed by atoms with Crippen LogP contribution in [-0.4, -0.2) is 58.6 Å². The van der Waals surface area contributed by atoms with Gasteiger partial charge in [-0.15, -0.1) is 10.2 Å². The molecule has 2 rings (SSSR count). The zero-order valence-corrected chi connectivity index (χ0v) is 18.6. The maximum absolute atomic E-state index is 5.92. The highest BCUT2D eigenvalue weighted by atomic mass is 28.4. The maximum atomic E-state index is 5.92. The van der Waals surface area contributed by atoms with Gasteiger partial charge in [0.1, 0.15) is 11.6 Å². The molecule has 2 heterocycles. The van der Waals surface area contributed by atoms with Gasteiger partial charge in [-0.2, -0.15) is 9.97 Å². The van der Waals surface area contributed by atoms with Gasteiger partial charge in [0.25, 0.3) is 0 Å². The van der Waals surface area contributed by atoms with Gasteiger partial charge in [0.2, 0.25) is 11.9 Å². The quantitative estimate of drug-likeness (QED) is 0.456. The van der Waals surface area contributed by atoms with Crippen molar-refractivity contribution in [1.82, 2.24) is 29.9 Å². The first kappa shape index (κ1) is 22.5. The largest absolute Gasteiger partial charge is 0.500 e. The molecule has 0 aliphatic rings. The third kappa shape index (κ3) is 6.09. The third-order valence-electron chi connectivity index (χ3n) is 4.10. The SMILES string of the molecule is CCO[Si](CCCn1nc(Nc2n[nH]c(CC)n2)nc1CC)(OCC)OCC. The predicted molar refractivity (Wildman–Crippen MR) is 108 cm³/mol. The minimum atomic E-state index is -2.63. The van der Waals surface area contributed by atoms with E-state index < -0.39 is 8.80 Å². The van der Waals surface area contributed by atoms with E-state index in [0.29, 0.717) is 38.3 Å². The first-order chi connectivity index (χ1) is 13.6. The molecular weight excluding hydrogens is 378 g/mol. The average molecular weight is 412 g/mol. The van der Waals surface area contributed by atoms with Crippen molar-refractivity contribution in [2.45, 2.75) is 66.5 Å². The molecule has 0 aromatic carbocycles. The first-order valence-corrected chi connectivity index (χ1v) is 12.1. The molecule has 0 aliphatic carbocycles. The zero-order chi connectivity index (χ0) is 20.4. The van der Waals surface area contributed by atoms with Crippen LogP contribution in [0.15, 0.2) is 0 Å². The fourth-order valence-corrected chi connectivity index (χ4v) is 5.52. The zero-order valence-electron chi connectivity index (χ0n) is 17.6. The molecule has 0 radical (unpaired) electrons. The van der Waals surface area contributed by atoms with Crippen molar-refractivity contribution in [3.8, 4) is 0 Å². The van der Waals surface area contributed by atoms with Crippen LogP contribution in [0.5, 0.6) is 0 Å². The Bertz CT molecular complexity index is 690. The van der Waals surface area contributed by atoms with Gasteiger partial charge in [0.15, 0.2) is 0 Å². The summed E-state index contributed by atoms with van der Waals surface area (Å²) < 4.78 is 19.7. The van der Waals surface area contributed by atoms with E-state index >= 15 is 0 Å². The third-order valence-corrected chi connectivity index (χ3v) is 7.25. The molecule has 28 heavy (non-hydrogen) atoms.